The van der Waals surface area contributed by atoms with Gasteiger partial charge >= 0.3 is 0 Å². The fourth-order valence-corrected chi connectivity index (χ4v) is 1.19. The van der Waals surface area contributed by atoms with E-state index in [0.29, 0.717) is 6.54 Å². The molecule has 1 saturated heterocycles. The molecule has 1 unspecified atom stereocenters. The Hall–Kier alpha value is -0.160. The van der Waals surface area contributed by atoms with Crippen molar-refractivity contribution in [3.05, 3.63) is 0 Å². The summed E-state index contributed by atoms with van der Waals surface area (Å²) in [6, 6.07) is -0.380. The number of hydrogen-bond acceptors (Lipinski definition) is 4. The molecule has 4 heteroatoms. The number of β-amino-alcohol motifs (C(OH)–C–C–N with tert-alkyl or cyclic N) is 1. The smallest absolute Gasteiger partial charge is 0.0989 e. The van der Waals surface area contributed by atoms with Gasteiger partial charge in [-0.3, -0.25) is 0 Å². The van der Waals surface area contributed by atoms with Gasteiger partial charge in [0.15, 0.2) is 0 Å². The predicted molar refractivity (Wildman–Crippen MR) is 35.5 cm³/mol. The average Bonchev–Trinajstić information content (AvgIpc) is 2.14. The molecule has 1 rings (SSSR count). The number of nitrogens with one attached hydrogen (secondary N) is 1. The monoisotopic (exact) mass is 147 g/mol. The van der Waals surface area contributed by atoms with Crippen LogP contribution in [0, 0.1) is 0 Å². The van der Waals surface area contributed by atoms with Gasteiger partial charge in [-0.25, -0.2) is 0 Å². The second-order valence-electron chi connectivity index (χ2n) is 2.73. The van der Waals surface area contributed by atoms with Gasteiger partial charge in [0.25, 0.3) is 0 Å². The summed E-state index contributed by atoms with van der Waals surface area (Å²) in [6.07, 6.45) is -2.19. The maximum Gasteiger partial charge on any atom is 0.0989 e. The lowest BCUT2D eigenvalue weighted by Crippen LogP contribution is -2.41. The zero-order valence-corrected chi connectivity index (χ0v) is 5.86. The van der Waals surface area contributed by atoms with E-state index in [-0.39, 0.29) is 6.04 Å². The average molecular weight is 147 g/mol. The van der Waals surface area contributed by atoms with Crippen LogP contribution in [-0.2, 0) is 0 Å². The van der Waals surface area contributed by atoms with Crippen LogP contribution in [0.25, 0.3) is 0 Å². The number of aliphatic hydroxyl groups is 3. The van der Waals surface area contributed by atoms with E-state index in [4.69, 9.17) is 15.3 Å². The first-order valence-corrected chi connectivity index (χ1v) is 3.40. The maximum atomic E-state index is 9.16. The molecule has 1 aliphatic rings. The molecule has 0 aliphatic carbocycles. The Balaban J connectivity index is 2.49. The highest BCUT2D eigenvalue weighted by Gasteiger charge is 2.35. The molecule has 0 aromatic heterocycles. The molecule has 0 saturated carbocycles. The zero-order valence-electron chi connectivity index (χ0n) is 5.86. The Kier molecular flexibility index (Phi) is 2.25. The van der Waals surface area contributed by atoms with Crippen molar-refractivity contribution in [3.8, 4) is 0 Å². The normalized spacial score (nSPS) is 43.8. The van der Waals surface area contributed by atoms with E-state index < -0.39 is 18.3 Å². The number of rotatable bonds is 1. The summed E-state index contributed by atoms with van der Waals surface area (Å²) in [4.78, 5) is 0. The van der Waals surface area contributed by atoms with Crippen LogP contribution in [-0.4, -0.2) is 46.2 Å². The number of aliphatic hydroxyl groups excluding tert-OH is 3. The minimum atomic E-state index is -0.833. The highest BCUT2D eigenvalue weighted by atomic mass is 16.3. The largest absolute Gasteiger partial charge is 0.392 e. The Morgan fingerprint density at radius 3 is 2.30 bits per heavy atom. The molecule has 1 fully saturated rings. The SMILES string of the molecule is CC(O)[C@H]1NC[C@@H](O)[C@H]1O. The molecule has 60 valence electrons. The van der Waals surface area contributed by atoms with Gasteiger partial charge in [-0.15, -0.1) is 0 Å². The van der Waals surface area contributed by atoms with Gasteiger partial charge in [0.1, 0.15) is 0 Å². The van der Waals surface area contributed by atoms with Gasteiger partial charge in [0, 0.05) is 6.54 Å². The van der Waals surface area contributed by atoms with Crippen LogP contribution in [0.3, 0.4) is 0 Å². The van der Waals surface area contributed by atoms with E-state index in [2.05, 4.69) is 5.32 Å². The van der Waals surface area contributed by atoms with E-state index in [1.54, 1.807) is 6.92 Å². The molecule has 1 heterocycles. The van der Waals surface area contributed by atoms with E-state index in [0.717, 1.165) is 0 Å². The molecule has 1 aliphatic heterocycles. The van der Waals surface area contributed by atoms with Gasteiger partial charge < -0.3 is 20.6 Å². The highest BCUT2D eigenvalue weighted by molar-refractivity contribution is 4.92. The van der Waals surface area contributed by atoms with Gasteiger partial charge in [-0.2, -0.15) is 0 Å². The fraction of sp³-hybridized carbons (Fsp3) is 1.00. The van der Waals surface area contributed by atoms with Crippen molar-refractivity contribution in [1.82, 2.24) is 5.32 Å². The van der Waals surface area contributed by atoms with Crippen molar-refractivity contribution in [1.29, 1.82) is 0 Å². The fourth-order valence-electron chi connectivity index (χ4n) is 1.19. The first-order valence-electron chi connectivity index (χ1n) is 3.40. The van der Waals surface area contributed by atoms with E-state index in [1.165, 1.54) is 0 Å². The molecule has 4 N–H and O–H groups in total. The topological polar surface area (TPSA) is 72.7 Å². The van der Waals surface area contributed by atoms with E-state index in [1.807, 2.05) is 0 Å². The summed E-state index contributed by atoms with van der Waals surface area (Å²) < 4.78 is 0. The third-order valence-electron chi connectivity index (χ3n) is 1.84. The van der Waals surface area contributed by atoms with Crippen molar-refractivity contribution in [3.63, 3.8) is 0 Å². The molecule has 0 amide bonds. The molecule has 0 spiro atoms. The molecule has 0 aromatic rings. The van der Waals surface area contributed by atoms with Crippen LogP contribution in [0.2, 0.25) is 0 Å². The van der Waals surface area contributed by atoms with E-state index in [9.17, 15) is 0 Å². The Morgan fingerprint density at radius 1 is 1.50 bits per heavy atom. The third kappa shape index (κ3) is 1.29. The zero-order chi connectivity index (χ0) is 7.72. The number of hydrogen-bond donors (Lipinski definition) is 4. The van der Waals surface area contributed by atoms with Crippen molar-refractivity contribution in [2.45, 2.75) is 31.3 Å². The quantitative estimate of drug-likeness (QED) is 0.348. The van der Waals surface area contributed by atoms with Crippen molar-refractivity contribution >= 4 is 0 Å². The summed E-state index contributed by atoms with van der Waals surface area (Å²) >= 11 is 0. The molecule has 4 atom stereocenters. The summed E-state index contributed by atoms with van der Waals surface area (Å²) in [5.74, 6) is 0. The van der Waals surface area contributed by atoms with Crippen LogP contribution >= 0.6 is 0 Å². The lowest BCUT2D eigenvalue weighted by Gasteiger charge is -2.18. The maximum absolute atomic E-state index is 9.16. The second-order valence-corrected chi connectivity index (χ2v) is 2.73. The molecule has 0 radical (unpaired) electrons. The third-order valence-corrected chi connectivity index (χ3v) is 1.84. The molecular weight excluding hydrogens is 134 g/mol. The minimum absolute atomic E-state index is 0.358. The molecule has 10 heavy (non-hydrogen) atoms. The van der Waals surface area contributed by atoms with Crippen molar-refractivity contribution < 1.29 is 15.3 Å². The van der Waals surface area contributed by atoms with Crippen LogP contribution in [0.4, 0.5) is 0 Å². The second kappa shape index (κ2) is 2.84. The summed E-state index contributed by atoms with van der Waals surface area (Å²) in [7, 11) is 0. The Bertz CT molecular complexity index is 118. The standard InChI is InChI=1S/C6H13NO3/c1-3(8)5-6(10)4(9)2-7-5/h3-10H,2H2,1H3/t3?,4-,5-,6-/m1/s1. The van der Waals surface area contributed by atoms with Crippen LogP contribution in [0.15, 0.2) is 0 Å². The summed E-state index contributed by atoms with van der Waals surface area (Å²) in [5.41, 5.74) is 0. The van der Waals surface area contributed by atoms with Crippen molar-refractivity contribution in [2.75, 3.05) is 6.54 Å². The van der Waals surface area contributed by atoms with Gasteiger partial charge in [0.2, 0.25) is 0 Å². The summed E-state index contributed by atoms with van der Waals surface area (Å²) in [5, 5.41) is 30.0. The van der Waals surface area contributed by atoms with Crippen LogP contribution in [0.5, 0.6) is 0 Å². The highest BCUT2D eigenvalue weighted by Crippen LogP contribution is 2.10. The van der Waals surface area contributed by atoms with Crippen molar-refractivity contribution in [2.24, 2.45) is 0 Å². The van der Waals surface area contributed by atoms with Gasteiger partial charge in [0.05, 0.1) is 24.4 Å². The molecule has 0 aromatic carbocycles. The molecular formula is C6H13NO3. The summed E-state index contributed by atoms with van der Waals surface area (Å²) in [6.45, 7) is 1.94. The Morgan fingerprint density at radius 2 is 2.10 bits per heavy atom. The first kappa shape index (κ1) is 7.94. The molecule has 4 nitrogen and oxygen atoms in total. The van der Waals surface area contributed by atoms with Crippen LogP contribution < -0.4 is 5.32 Å². The van der Waals surface area contributed by atoms with Crippen LogP contribution in [0.1, 0.15) is 6.92 Å². The lowest BCUT2D eigenvalue weighted by molar-refractivity contribution is 0.0114. The van der Waals surface area contributed by atoms with Gasteiger partial charge in [-0.05, 0) is 6.92 Å². The Labute approximate surface area is 59.5 Å². The first-order chi connectivity index (χ1) is 4.63. The minimum Gasteiger partial charge on any atom is -0.392 e. The lowest BCUT2D eigenvalue weighted by atomic mass is 10.1. The van der Waals surface area contributed by atoms with Gasteiger partial charge in [-0.1, -0.05) is 0 Å². The van der Waals surface area contributed by atoms with E-state index >= 15 is 0 Å². The molecule has 0 bridgehead atoms. The predicted octanol–water partition coefficient (Wildman–Crippen LogP) is -1.94.